The average molecular weight is 392 g/mol. The van der Waals surface area contributed by atoms with E-state index in [0.29, 0.717) is 5.56 Å². The molecule has 2 aromatic carbocycles. The summed E-state index contributed by atoms with van der Waals surface area (Å²) in [5, 5.41) is 15.1. The smallest absolute Gasteiger partial charge is 0.126 e. The largest absolute Gasteiger partial charge is 0.361 e. The number of H-pyrrole nitrogens is 1. The van der Waals surface area contributed by atoms with E-state index in [9.17, 15) is 5.26 Å². The second-order valence-electron chi connectivity index (χ2n) is 6.74. The summed E-state index contributed by atoms with van der Waals surface area (Å²) in [5.41, 5.74) is 5.32. The van der Waals surface area contributed by atoms with Crippen molar-refractivity contribution in [2.24, 2.45) is 0 Å². The Morgan fingerprint density at radius 2 is 1.97 bits per heavy atom. The van der Waals surface area contributed by atoms with Crippen molar-refractivity contribution in [2.75, 3.05) is 5.32 Å². The Morgan fingerprint density at radius 1 is 1.10 bits per heavy atom. The summed E-state index contributed by atoms with van der Waals surface area (Å²) in [5.74, 6) is 0. The Morgan fingerprint density at radius 3 is 2.79 bits per heavy atom. The molecular formula is C24H16N4S. The van der Waals surface area contributed by atoms with Gasteiger partial charge in [-0.1, -0.05) is 36.9 Å². The van der Waals surface area contributed by atoms with E-state index < -0.39 is 0 Å². The van der Waals surface area contributed by atoms with Gasteiger partial charge in [0.25, 0.3) is 0 Å². The first-order valence-electron chi connectivity index (χ1n) is 9.14. The molecule has 0 aliphatic heterocycles. The van der Waals surface area contributed by atoms with E-state index in [0.717, 1.165) is 48.5 Å². The van der Waals surface area contributed by atoms with Crippen LogP contribution in [0.1, 0.15) is 16.0 Å². The maximum absolute atomic E-state index is 9.64. The van der Waals surface area contributed by atoms with Crippen LogP contribution in [0.25, 0.3) is 26.7 Å². The van der Waals surface area contributed by atoms with E-state index in [4.69, 9.17) is 0 Å². The molecule has 5 heteroatoms. The van der Waals surface area contributed by atoms with E-state index >= 15 is 0 Å². The average Bonchev–Trinajstić information content (AvgIpc) is 3.40. The van der Waals surface area contributed by atoms with Gasteiger partial charge in [-0.2, -0.15) is 5.26 Å². The second kappa shape index (κ2) is 6.93. The highest BCUT2D eigenvalue weighted by atomic mass is 32.1. The molecule has 0 bridgehead atoms. The highest BCUT2D eigenvalue weighted by Crippen LogP contribution is 2.38. The molecule has 5 rings (SSSR count). The molecule has 0 fully saturated rings. The summed E-state index contributed by atoms with van der Waals surface area (Å²) in [7, 11) is 0. The van der Waals surface area contributed by atoms with E-state index in [1.54, 1.807) is 17.5 Å². The molecule has 3 heterocycles. The normalized spacial score (nSPS) is 10.9. The number of fused-ring (bicyclic) bond motifs is 2. The van der Waals surface area contributed by atoms with Crippen LogP contribution in [0.5, 0.6) is 0 Å². The van der Waals surface area contributed by atoms with Gasteiger partial charge >= 0.3 is 0 Å². The molecule has 0 unspecified atom stereocenters. The minimum absolute atomic E-state index is 0.515. The number of thiophene rings is 1. The second-order valence-corrected chi connectivity index (χ2v) is 7.77. The van der Waals surface area contributed by atoms with Crippen LogP contribution in [0.3, 0.4) is 0 Å². The summed E-state index contributed by atoms with van der Waals surface area (Å²) < 4.78 is 0. The molecule has 2 N–H and O–H groups in total. The molecule has 0 saturated carbocycles. The molecular weight excluding hydrogens is 376 g/mol. The number of anilines is 2. The number of aromatic nitrogens is 2. The Bertz CT molecular complexity index is 1400. The number of hydrogen-bond donors (Lipinski definition) is 2. The topological polar surface area (TPSA) is 64.5 Å². The predicted octanol–water partition coefficient (Wildman–Crippen LogP) is 6.45. The van der Waals surface area contributed by atoms with Gasteiger partial charge in [0.2, 0.25) is 0 Å². The first-order valence-corrected chi connectivity index (χ1v) is 9.96. The fraction of sp³-hybridized carbons (Fsp3) is 0. The quantitative estimate of drug-likeness (QED) is 0.369. The number of nitrogens with one attached hydrogen (secondary N) is 2. The van der Waals surface area contributed by atoms with Crippen LogP contribution in [-0.4, -0.2) is 9.97 Å². The van der Waals surface area contributed by atoms with Crippen LogP contribution in [0.15, 0.2) is 79.6 Å². The highest BCUT2D eigenvalue weighted by Gasteiger charge is 2.15. The number of pyridine rings is 1. The zero-order valence-corrected chi connectivity index (χ0v) is 16.3. The number of hydrogen-bond acceptors (Lipinski definition) is 4. The van der Waals surface area contributed by atoms with Crippen molar-refractivity contribution in [1.29, 1.82) is 5.26 Å². The Balaban J connectivity index is 1.60. The van der Waals surface area contributed by atoms with Gasteiger partial charge < -0.3 is 10.3 Å². The van der Waals surface area contributed by atoms with Gasteiger partial charge in [-0.25, -0.2) is 4.98 Å². The minimum Gasteiger partial charge on any atom is -0.361 e. The molecule has 3 aromatic heterocycles. The van der Waals surface area contributed by atoms with E-state index in [1.165, 1.54) is 0 Å². The molecule has 0 aliphatic rings. The SMILES string of the molecule is C=C(c1ccccc1)c1cc2c(Nc3ccc4[nH]ccc4c3)c(C#N)cnc2s1. The lowest BCUT2D eigenvalue weighted by molar-refractivity contribution is 1.38. The molecule has 0 radical (unpaired) electrons. The summed E-state index contributed by atoms with van der Waals surface area (Å²) >= 11 is 1.58. The van der Waals surface area contributed by atoms with Crippen molar-refractivity contribution < 1.29 is 0 Å². The fourth-order valence-electron chi connectivity index (χ4n) is 3.41. The van der Waals surface area contributed by atoms with E-state index in [2.05, 4.69) is 40.1 Å². The minimum atomic E-state index is 0.515. The molecule has 0 atom stereocenters. The first-order chi connectivity index (χ1) is 14.2. The van der Waals surface area contributed by atoms with Crippen LogP contribution < -0.4 is 5.32 Å². The summed E-state index contributed by atoms with van der Waals surface area (Å²) in [6.45, 7) is 4.27. The van der Waals surface area contributed by atoms with Gasteiger partial charge in [-0.3, -0.25) is 0 Å². The van der Waals surface area contributed by atoms with E-state index in [1.807, 2.05) is 54.7 Å². The van der Waals surface area contributed by atoms with E-state index in [-0.39, 0.29) is 0 Å². The summed E-state index contributed by atoms with van der Waals surface area (Å²) in [6, 6.07) is 22.5. The van der Waals surface area contributed by atoms with Crippen LogP contribution in [-0.2, 0) is 0 Å². The third-order valence-corrected chi connectivity index (χ3v) is 6.03. The maximum Gasteiger partial charge on any atom is 0.126 e. The third-order valence-electron chi connectivity index (χ3n) is 4.92. The van der Waals surface area contributed by atoms with Crippen molar-refractivity contribution in [1.82, 2.24) is 9.97 Å². The standard InChI is InChI=1S/C24H16N4S/c1-15(16-5-3-2-4-6-16)22-12-20-23(18(13-25)14-27-24(20)29-22)28-19-7-8-21-17(11-19)9-10-26-21/h2-12,14,26H,1H2,(H,27,28). The van der Waals surface area contributed by atoms with Gasteiger partial charge in [-0.15, -0.1) is 11.3 Å². The molecule has 4 nitrogen and oxygen atoms in total. The van der Waals surface area contributed by atoms with Gasteiger partial charge in [0.15, 0.2) is 0 Å². The lowest BCUT2D eigenvalue weighted by Gasteiger charge is -2.09. The number of aromatic amines is 1. The summed E-state index contributed by atoms with van der Waals surface area (Å²) in [4.78, 5) is 9.61. The molecule has 5 aromatic rings. The van der Waals surface area contributed by atoms with Crippen molar-refractivity contribution in [2.45, 2.75) is 0 Å². The molecule has 29 heavy (non-hydrogen) atoms. The fourth-order valence-corrected chi connectivity index (χ4v) is 4.42. The van der Waals surface area contributed by atoms with Crippen molar-refractivity contribution in [3.8, 4) is 6.07 Å². The number of nitrogens with zero attached hydrogens (tertiary/aromatic N) is 2. The molecule has 0 saturated heterocycles. The Hall–Kier alpha value is -3.88. The number of nitriles is 1. The molecule has 138 valence electrons. The van der Waals surface area contributed by atoms with Crippen molar-refractivity contribution >= 4 is 49.4 Å². The van der Waals surface area contributed by atoms with Gasteiger partial charge in [0.05, 0.1) is 11.3 Å². The highest BCUT2D eigenvalue weighted by molar-refractivity contribution is 7.19. The monoisotopic (exact) mass is 392 g/mol. The van der Waals surface area contributed by atoms with Crippen molar-refractivity contribution in [3.05, 3.63) is 95.6 Å². The Labute approximate surface area is 171 Å². The summed E-state index contributed by atoms with van der Waals surface area (Å²) in [6.07, 6.45) is 3.55. The van der Waals surface area contributed by atoms with Crippen molar-refractivity contribution in [3.63, 3.8) is 0 Å². The van der Waals surface area contributed by atoms with Crippen LogP contribution in [0.4, 0.5) is 11.4 Å². The van der Waals surface area contributed by atoms with Crippen LogP contribution in [0, 0.1) is 11.3 Å². The predicted molar refractivity (Wildman–Crippen MR) is 120 cm³/mol. The molecule has 0 aliphatic carbocycles. The third kappa shape index (κ3) is 3.06. The zero-order chi connectivity index (χ0) is 19.8. The first kappa shape index (κ1) is 17.2. The number of rotatable bonds is 4. The van der Waals surface area contributed by atoms with Gasteiger partial charge in [0.1, 0.15) is 10.9 Å². The van der Waals surface area contributed by atoms with Crippen LogP contribution in [0.2, 0.25) is 0 Å². The number of benzene rings is 2. The molecule has 0 amide bonds. The lowest BCUT2D eigenvalue weighted by atomic mass is 10.1. The van der Waals surface area contributed by atoms with Crippen LogP contribution >= 0.6 is 11.3 Å². The van der Waals surface area contributed by atoms with Gasteiger partial charge in [-0.05, 0) is 41.5 Å². The molecule has 0 spiro atoms. The Kier molecular flexibility index (Phi) is 4.12. The lowest BCUT2D eigenvalue weighted by Crippen LogP contribution is -1.95. The zero-order valence-electron chi connectivity index (χ0n) is 15.4. The maximum atomic E-state index is 9.64. The van der Waals surface area contributed by atoms with Gasteiger partial charge in [0, 0.05) is 39.2 Å².